The average Bonchev–Trinajstić information content (AvgIpc) is 3.23. The standard InChI is InChI=1S/C21H23N5O3S/c27-21-24-13-16-12-23-20-18(6-9-22-20)19(16)26(21)17-7-10-25(11-8-17)30(28,29)14-15-4-2-1-3-5-15/h1-6,9,12,17H,7-8,10-11,13-14H2,(H,22,23)(H,24,27). The van der Waals surface area contributed by atoms with Gasteiger partial charge in [0.05, 0.1) is 11.4 Å². The summed E-state index contributed by atoms with van der Waals surface area (Å²) in [6.45, 7) is 1.25. The average molecular weight is 426 g/mol. The minimum absolute atomic E-state index is 0.00117. The number of aromatic nitrogens is 2. The molecule has 2 aliphatic heterocycles. The molecule has 8 nitrogen and oxygen atoms in total. The van der Waals surface area contributed by atoms with Crippen molar-refractivity contribution >= 4 is 32.8 Å². The molecule has 9 heteroatoms. The first-order valence-corrected chi connectivity index (χ1v) is 11.7. The number of amides is 2. The smallest absolute Gasteiger partial charge is 0.322 e. The highest BCUT2D eigenvalue weighted by molar-refractivity contribution is 7.88. The number of nitrogens with one attached hydrogen (secondary N) is 2. The molecule has 2 amide bonds. The number of hydrogen-bond donors (Lipinski definition) is 2. The second-order valence-electron chi connectivity index (χ2n) is 7.77. The Hall–Kier alpha value is -2.91. The number of carbonyl (C=O) groups is 1. The van der Waals surface area contributed by atoms with Crippen molar-refractivity contribution in [3.8, 4) is 0 Å². The Labute approximate surface area is 174 Å². The van der Waals surface area contributed by atoms with E-state index in [2.05, 4.69) is 15.3 Å². The van der Waals surface area contributed by atoms with Crippen LogP contribution in [-0.2, 0) is 22.3 Å². The van der Waals surface area contributed by atoms with Crippen LogP contribution in [0, 0.1) is 0 Å². The van der Waals surface area contributed by atoms with E-state index in [1.807, 2.05) is 42.6 Å². The Morgan fingerprint density at radius 3 is 2.63 bits per heavy atom. The summed E-state index contributed by atoms with van der Waals surface area (Å²) in [5, 5.41) is 3.84. The number of piperidine rings is 1. The third-order valence-corrected chi connectivity index (χ3v) is 7.75. The summed E-state index contributed by atoms with van der Waals surface area (Å²) in [7, 11) is -3.39. The second-order valence-corrected chi connectivity index (χ2v) is 9.74. The maximum Gasteiger partial charge on any atom is 0.322 e. The lowest BCUT2D eigenvalue weighted by atomic mass is 10.0. The summed E-state index contributed by atoms with van der Waals surface area (Å²) in [5.41, 5.74) is 3.39. The summed E-state index contributed by atoms with van der Waals surface area (Å²) in [4.78, 5) is 22.1. The molecule has 1 saturated heterocycles. The van der Waals surface area contributed by atoms with Crippen LogP contribution in [0.1, 0.15) is 24.0 Å². The molecule has 156 valence electrons. The van der Waals surface area contributed by atoms with Crippen molar-refractivity contribution < 1.29 is 13.2 Å². The van der Waals surface area contributed by atoms with Gasteiger partial charge in [0.1, 0.15) is 5.65 Å². The van der Waals surface area contributed by atoms with Crippen molar-refractivity contribution in [1.82, 2.24) is 19.6 Å². The summed E-state index contributed by atoms with van der Waals surface area (Å²) < 4.78 is 27.3. The van der Waals surface area contributed by atoms with E-state index in [0.717, 1.165) is 27.8 Å². The Morgan fingerprint density at radius 2 is 1.87 bits per heavy atom. The zero-order valence-electron chi connectivity index (χ0n) is 16.4. The number of sulfonamides is 1. The lowest BCUT2D eigenvalue weighted by Gasteiger charge is -2.40. The van der Waals surface area contributed by atoms with Gasteiger partial charge in [-0.1, -0.05) is 30.3 Å². The summed E-state index contributed by atoms with van der Waals surface area (Å²) in [5.74, 6) is 0.00117. The molecule has 1 fully saturated rings. The molecule has 2 aliphatic rings. The lowest BCUT2D eigenvalue weighted by molar-refractivity contribution is 0.236. The van der Waals surface area contributed by atoms with Crippen molar-refractivity contribution in [2.75, 3.05) is 18.0 Å². The van der Waals surface area contributed by atoms with Crippen LogP contribution in [0.25, 0.3) is 11.0 Å². The van der Waals surface area contributed by atoms with E-state index in [0.29, 0.717) is 32.5 Å². The molecule has 2 aromatic heterocycles. The Bertz CT molecular complexity index is 1180. The zero-order valence-corrected chi connectivity index (χ0v) is 17.2. The van der Waals surface area contributed by atoms with E-state index in [1.165, 1.54) is 0 Å². The molecule has 5 rings (SSSR count). The van der Waals surface area contributed by atoms with Gasteiger partial charge in [0.25, 0.3) is 0 Å². The molecule has 3 aromatic rings. The molecule has 0 spiro atoms. The van der Waals surface area contributed by atoms with Crippen LogP contribution in [0.4, 0.5) is 10.5 Å². The second kappa shape index (κ2) is 7.41. The molecule has 0 atom stereocenters. The first-order valence-electron chi connectivity index (χ1n) is 10.1. The highest BCUT2D eigenvalue weighted by Gasteiger charge is 2.36. The van der Waals surface area contributed by atoms with Gasteiger partial charge in [-0.25, -0.2) is 22.5 Å². The molecule has 4 heterocycles. The fraction of sp³-hybridized carbons (Fsp3) is 0.333. The number of urea groups is 1. The minimum atomic E-state index is -3.39. The molecule has 1 aromatic carbocycles. The summed E-state index contributed by atoms with van der Waals surface area (Å²) >= 11 is 0. The lowest BCUT2D eigenvalue weighted by Crippen LogP contribution is -2.54. The molecular weight excluding hydrogens is 402 g/mol. The first-order chi connectivity index (χ1) is 14.5. The van der Waals surface area contributed by atoms with Crippen molar-refractivity contribution in [1.29, 1.82) is 0 Å². The number of hydrogen-bond acceptors (Lipinski definition) is 4. The fourth-order valence-corrected chi connectivity index (χ4v) is 5.97. The van der Waals surface area contributed by atoms with E-state index in [-0.39, 0.29) is 17.8 Å². The maximum absolute atomic E-state index is 12.9. The number of pyridine rings is 1. The third-order valence-electron chi connectivity index (χ3n) is 5.90. The van der Waals surface area contributed by atoms with Gasteiger partial charge < -0.3 is 10.3 Å². The summed E-state index contributed by atoms with van der Waals surface area (Å²) in [6, 6.07) is 11.0. The number of fused-ring (bicyclic) bond motifs is 3. The number of carbonyl (C=O) groups excluding carboxylic acids is 1. The van der Waals surface area contributed by atoms with E-state index in [9.17, 15) is 13.2 Å². The van der Waals surface area contributed by atoms with Crippen molar-refractivity contribution in [3.63, 3.8) is 0 Å². The van der Waals surface area contributed by atoms with Crippen molar-refractivity contribution in [3.05, 3.63) is 59.9 Å². The molecule has 2 N–H and O–H groups in total. The van der Waals surface area contributed by atoms with Gasteiger partial charge >= 0.3 is 6.03 Å². The van der Waals surface area contributed by atoms with Gasteiger partial charge in [-0.2, -0.15) is 0 Å². The molecule has 0 bridgehead atoms. The van der Waals surface area contributed by atoms with Gasteiger partial charge in [0, 0.05) is 49.0 Å². The van der Waals surface area contributed by atoms with Crippen LogP contribution in [0.2, 0.25) is 0 Å². The Morgan fingerprint density at radius 1 is 1.10 bits per heavy atom. The molecular formula is C21H23N5O3S. The number of aromatic amines is 1. The van der Waals surface area contributed by atoms with Gasteiger partial charge in [-0.05, 0) is 24.5 Å². The SMILES string of the molecule is O=C1NCc2cnc3[nH]ccc3c2N1C1CCN(S(=O)(=O)Cc2ccccc2)CC1. The van der Waals surface area contributed by atoms with E-state index < -0.39 is 10.0 Å². The van der Waals surface area contributed by atoms with Crippen molar-refractivity contribution in [2.45, 2.75) is 31.2 Å². The van der Waals surface area contributed by atoms with E-state index in [4.69, 9.17) is 0 Å². The molecule has 30 heavy (non-hydrogen) atoms. The quantitative estimate of drug-likeness (QED) is 0.671. The monoisotopic (exact) mass is 425 g/mol. The van der Waals surface area contributed by atoms with Crippen molar-refractivity contribution in [2.24, 2.45) is 0 Å². The number of benzene rings is 1. The predicted octanol–water partition coefficient (Wildman–Crippen LogP) is 2.59. The van der Waals surface area contributed by atoms with Crippen LogP contribution < -0.4 is 10.2 Å². The number of nitrogens with zero attached hydrogens (tertiary/aromatic N) is 3. The van der Waals surface area contributed by atoms with E-state index >= 15 is 0 Å². The molecule has 0 unspecified atom stereocenters. The molecule has 0 aliphatic carbocycles. The summed E-state index contributed by atoms with van der Waals surface area (Å²) in [6.07, 6.45) is 4.80. The van der Waals surface area contributed by atoms with Gasteiger partial charge in [0.15, 0.2) is 0 Å². The number of rotatable bonds is 4. The van der Waals surface area contributed by atoms with Crippen LogP contribution in [-0.4, -0.2) is 47.9 Å². The van der Waals surface area contributed by atoms with Gasteiger partial charge in [0.2, 0.25) is 10.0 Å². The molecule has 0 radical (unpaired) electrons. The van der Waals surface area contributed by atoms with Gasteiger partial charge in [-0.3, -0.25) is 4.90 Å². The number of H-pyrrole nitrogens is 1. The third kappa shape index (κ3) is 3.33. The topological polar surface area (TPSA) is 98.4 Å². The van der Waals surface area contributed by atoms with Gasteiger partial charge in [-0.15, -0.1) is 0 Å². The maximum atomic E-state index is 12.9. The van der Waals surface area contributed by atoms with E-state index in [1.54, 1.807) is 15.4 Å². The highest BCUT2D eigenvalue weighted by atomic mass is 32.2. The highest BCUT2D eigenvalue weighted by Crippen LogP contribution is 2.35. The Balaban J connectivity index is 1.36. The normalized spacial score (nSPS) is 18.4. The zero-order chi connectivity index (χ0) is 20.7. The number of anilines is 1. The van der Waals surface area contributed by atoms with Crippen LogP contribution >= 0.6 is 0 Å². The first kappa shape index (κ1) is 19.1. The van der Waals surface area contributed by atoms with Crippen LogP contribution in [0.15, 0.2) is 48.8 Å². The minimum Gasteiger partial charge on any atom is -0.346 e. The largest absolute Gasteiger partial charge is 0.346 e. The molecule has 0 saturated carbocycles. The fourth-order valence-electron chi connectivity index (χ4n) is 4.41. The Kier molecular flexibility index (Phi) is 4.71. The predicted molar refractivity (Wildman–Crippen MR) is 114 cm³/mol. The van der Waals surface area contributed by atoms with Crippen LogP contribution in [0.5, 0.6) is 0 Å². The van der Waals surface area contributed by atoms with Crippen LogP contribution in [0.3, 0.4) is 0 Å².